The minimum atomic E-state index is 0.484. The summed E-state index contributed by atoms with van der Waals surface area (Å²) < 4.78 is 0. The zero-order chi connectivity index (χ0) is 10.8. The van der Waals surface area contributed by atoms with Crippen LogP contribution in [0.4, 0.5) is 5.13 Å². The molecule has 0 amide bonds. The van der Waals surface area contributed by atoms with Gasteiger partial charge in [0.1, 0.15) is 0 Å². The lowest BCUT2D eigenvalue weighted by molar-refractivity contribution is 1.10. The van der Waals surface area contributed by atoms with E-state index in [0.29, 0.717) is 11.7 Å². The molecule has 0 aliphatic rings. The Hall–Kier alpha value is -1.39. The second kappa shape index (κ2) is 4.00. The fourth-order valence-electron chi connectivity index (χ4n) is 1.45. The van der Waals surface area contributed by atoms with Crippen LogP contribution in [0.3, 0.4) is 0 Å². The minimum absolute atomic E-state index is 0.484. The second-order valence-corrected chi connectivity index (χ2v) is 4.51. The van der Waals surface area contributed by atoms with E-state index in [0.717, 1.165) is 16.1 Å². The zero-order valence-corrected chi connectivity index (χ0v) is 9.34. The second-order valence-electron chi connectivity index (χ2n) is 3.39. The van der Waals surface area contributed by atoms with Gasteiger partial charge in [-0.05, 0) is 6.92 Å². The van der Waals surface area contributed by atoms with Crippen LogP contribution in [0.25, 0.3) is 11.3 Å². The zero-order valence-electron chi connectivity index (χ0n) is 8.53. The van der Waals surface area contributed by atoms with Gasteiger partial charge in [0.05, 0.1) is 5.69 Å². The highest BCUT2D eigenvalue weighted by Gasteiger charge is 2.09. The molecule has 3 nitrogen and oxygen atoms in total. The summed E-state index contributed by atoms with van der Waals surface area (Å²) >= 11 is 1.46. The van der Waals surface area contributed by atoms with Crippen LogP contribution >= 0.6 is 11.3 Å². The van der Waals surface area contributed by atoms with Gasteiger partial charge in [-0.3, -0.25) is 0 Å². The van der Waals surface area contributed by atoms with Gasteiger partial charge >= 0.3 is 0 Å². The fourth-order valence-corrected chi connectivity index (χ4v) is 2.18. The molecule has 4 N–H and O–H groups in total. The molecular weight excluding hydrogens is 206 g/mol. The van der Waals surface area contributed by atoms with Gasteiger partial charge in [0.25, 0.3) is 0 Å². The quantitative estimate of drug-likeness (QED) is 0.813. The maximum absolute atomic E-state index is 5.67. The maximum Gasteiger partial charge on any atom is 0.180 e. The number of nitrogens with two attached hydrogens (primary N) is 2. The molecule has 2 rings (SSSR count). The summed E-state index contributed by atoms with van der Waals surface area (Å²) in [5.41, 5.74) is 14.5. The topological polar surface area (TPSA) is 64.9 Å². The van der Waals surface area contributed by atoms with Crippen molar-refractivity contribution in [3.05, 3.63) is 34.7 Å². The lowest BCUT2D eigenvalue weighted by atomic mass is 10.1. The summed E-state index contributed by atoms with van der Waals surface area (Å²) in [6, 6.07) is 8.21. The number of anilines is 1. The molecule has 1 aromatic carbocycles. The average Bonchev–Trinajstić information content (AvgIpc) is 2.61. The van der Waals surface area contributed by atoms with Crippen LogP contribution in [0.2, 0.25) is 0 Å². The Labute approximate surface area is 92.8 Å². The molecule has 0 atom stereocenters. The van der Waals surface area contributed by atoms with Gasteiger partial charge in [-0.2, -0.15) is 0 Å². The SMILES string of the molecule is Cc1ccc(-c2nc(N)sc2CN)cc1. The number of nitrogen functional groups attached to an aromatic ring is 1. The third-order valence-corrected chi connectivity index (χ3v) is 3.13. The average molecular weight is 219 g/mol. The van der Waals surface area contributed by atoms with Gasteiger partial charge in [0, 0.05) is 17.0 Å². The molecule has 0 spiro atoms. The third-order valence-electron chi connectivity index (χ3n) is 2.22. The molecule has 0 saturated heterocycles. The predicted molar refractivity (Wildman–Crippen MR) is 64.6 cm³/mol. The van der Waals surface area contributed by atoms with Crippen molar-refractivity contribution in [2.24, 2.45) is 5.73 Å². The lowest BCUT2D eigenvalue weighted by Crippen LogP contribution is -1.95. The number of hydrogen-bond donors (Lipinski definition) is 2. The lowest BCUT2D eigenvalue weighted by Gasteiger charge is -2.00. The van der Waals surface area contributed by atoms with Crippen LogP contribution in [-0.4, -0.2) is 4.98 Å². The van der Waals surface area contributed by atoms with Gasteiger partial charge < -0.3 is 11.5 Å². The summed E-state index contributed by atoms with van der Waals surface area (Å²) in [6.07, 6.45) is 0. The Balaban J connectivity index is 2.48. The molecule has 1 heterocycles. The minimum Gasteiger partial charge on any atom is -0.375 e. The highest BCUT2D eigenvalue weighted by molar-refractivity contribution is 7.15. The summed E-state index contributed by atoms with van der Waals surface area (Å²) in [7, 11) is 0. The van der Waals surface area contributed by atoms with E-state index in [4.69, 9.17) is 11.5 Å². The number of aryl methyl sites for hydroxylation is 1. The molecule has 4 heteroatoms. The Morgan fingerprint density at radius 3 is 2.53 bits per heavy atom. The summed E-state index contributed by atoms with van der Waals surface area (Å²) in [4.78, 5) is 5.34. The Kier molecular flexibility index (Phi) is 2.70. The largest absolute Gasteiger partial charge is 0.375 e. The Morgan fingerprint density at radius 2 is 1.93 bits per heavy atom. The number of nitrogens with zero attached hydrogens (tertiary/aromatic N) is 1. The normalized spacial score (nSPS) is 10.5. The van der Waals surface area contributed by atoms with E-state index in [1.165, 1.54) is 16.9 Å². The van der Waals surface area contributed by atoms with Crippen molar-refractivity contribution in [3.8, 4) is 11.3 Å². The van der Waals surface area contributed by atoms with Crippen LogP contribution in [-0.2, 0) is 6.54 Å². The molecule has 0 fully saturated rings. The van der Waals surface area contributed by atoms with Crippen molar-refractivity contribution in [1.29, 1.82) is 0 Å². The Morgan fingerprint density at radius 1 is 1.27 bits per heavy atom. The van der Waals surface area contributed by atoms with Gasteiger partial charge in [0.15, 0.2) is 5.13 Å². The molecule has 0 aliphatic carbocycles. The first-order valence-electron chi connectivity index (χ1n) is 4.73. The molecular formula is C11H13N3S. The first-order valence-corrected chi connectivity index (χ1v) is 5.54. The molecule has 0 radical (unpaired) electrons. The molecule has 78 valence electrons. The molecule has 1 aromatic heterocycles. The molecule has 0 bridgehead atoms. The molecule has 15 heavy (non-hydrogen) atoms. The van der Waals surface area contributed by atoms with Crippen molar-refractivity contribution in [3.63, 3.8) is 0 Å². The van der Waals surface area contributed by atoms with Crippen molar-refractivity contribution in [1.82, 2.24) is 4.98 Å². The third kappa shape index (κ3) is 2.00. The predicted octanol–water partition coefficient (Wildman–Crippen LogP) is 2.16. The number of aromatic nitrogens is 1. The fraction of sp³-hybridized carbons (Fsp3) is 0.182. The van der Waals surface area contributed by atoms with Crippen LogP contribution < -0.4 is 11.5 Å². The van der Waals surface area contributed by atoms with Gasteiger partial charge in [-0.15, -0.1) is 11.3 Å². The van der Waals surface area contributed by atoms with Crippen LogP contribution in [0.15, 0.2) is 24.3 Å². The highest BCUT2D eigenvalue weighted by atomic mass is 32.1. The van der Waals surface area contributed by atoms with E-state index in [-0.39, 0.29) is 0 Å². The van der Waals surface area contributed by atoms with Crippen molar-refractivity contribution < 1.29 is 0 Å². The first-order chi connectivity index (χ1) is 7.20. The Bertz CT molecular complexity index is 459. The van der Waals surface area contributed by atoms with Gasteiger partial charge in [-0.1, -0.05) is 29.8 Å². The van der Waals surface area contributed by atoms with Crippen LogP contribution in [0.5, 0.6) is 0 Å². The van der Waals surface area contributed by atoms with Crippen LogP contribution in [0.1, 0.15) is 10.4 Å². The van der Waals surface area contributed by atoms with Crippen molar-refractivity contribution in [2.75, 3.05) is 5.73 Å². The molecule has 2 aromatic rings. The van der Waals surface area contributed by atoms with E-state index in [9.17, 15) is 0 Å². The van der Waals surface area contributed by atoms with Crippen molar-refractivity contribution >= 4 is 16.5 Å². The molecule has 0 unspecified atom stereocenters. The van der Waals surface area contributed by atoms with E-state index in [1.54, 1.807) is 0 Å². The number of thiazole rings is 1. The summed E-state index contributed by atoms with van der Waals surface area (Å²) in [5.74, 6) is 0. The van der Waals surface area contributed by atoms with Crippen molar-refractivity contribution in [2.45, 2.75) is 13.5 Å². The first kappa shape index (κ1) is 10.1. The monoisotopic (exact) mass is 219 g/mol. The standard InChI is InChI=1S/C11H13N3S/c1-7-2-4-8(5-3-7)10-9(6-12)15-11(13)14-10/h2-5H,6,12H2,1H3,(H2,13,14). The van der Waals surface area contributed by atoms with Gasteiger partial charge in [0.2, 0.25) is 0 Å². The summed E-state index contributed by atoms with van der Waals surface area (Å²) in [6.45, 7) is 2.54. The number of rotatable bonds is 2. The van der Waals surface area contributed by atoms with E-state index in [1.807, 2.05) is 12.1 Å². The smallest absolute Gasteiger partial charge is 0.180 e. The molecule has 0 aliphatic heterocycles. The van der Waals surface area contributed by atoms with E-state index < -0.39 is 0 Å². The van der Waals surface area contributed by atoms with Gasteiger partial charge in [-0.25, -0.2) is 4.98 Å². The highest BCUT2D eigenvalue weighted by Crippen LogP contribution is 2.29. The maximum atomic E-state index is 5.67. The summed E-state index contributed by atoms with van der Waals surface area (Å²) in [5, 5.41) is 0.575. The van der Waals surface area contributed by atoms with Crippen LogP contribution in [0, 0.1) is 6.92 Å². The number of benzene rings is 1. The van der Waals surface area contributed by atoms with E-state index in [2.05, 4.69) is 24.0 Å². The van der Waals surface area contributed by atoms with E-state index >= 15 is 0 Å². The molecule has 0 saturated carbocycles. The number of hydrogen-bond acceptors (Lipinski definition) is 4.